The van der Waals surface area contributed by atoms with Gasteiger partial charge >= 0.3 is 0 Å². The third-order valence-electron chi connectivity index (χ3n) is 7.11. The molecule has 1 unspecified atom stereocenters. The van der Waals surface area contributed by atoms with Gasteiger partial charge in [0, 0.05) is 17.0 Å². The number of hydrogen-bond acceptors (Lipinski definition) is 4. The second kappa shape index (κ2) is 8.30. The van der Waals surface area contributed by atoms with Crippen molar-refractivity contribution in [3.63, 3.8) is 0 Å². The third kappa shape index (κ3) is 3.59. The van der Waals surface area contributed by atoms with Crippen LogP contribution >= 0.6 is 11.3 Å². The van der Waals surface area contributed by atoms with Gasteiger partial charge in [0.1, 0.15) is 4.83 Å². The molecule has 0 bridgehead atoms. The van der Waals surface area contributed by atoms with Crippen LogP contribution in [0.15, 0.2) is 65.7 Å². The number of rotatable bonds is 5. The molecule has 32 heavy (non-hydrogen) atoms. The van der Waals surface area contributed by atoms with Gasteiger partial charge in [0.05, 0.1) is 11.7 Å². The van der Waals surface area contributed by atoms with Gasteiger partial charge in [-0.15, -0.1) is 11.3 Å². The minimum absolute atomic E-state index is 0.154. The fraction of sp³-hybridized carbons (Fsp3) is 0.333. The molecule has 0 radical (unpaired) electrons. The first-order valence-corrected chi connectivity index (χ1v) is 12.4. The molecule has 5 heteroatoms. The molecule has 0 aliphatic heterocycles. The average molecular weight is 442 g/mol. The molecule has 0 saturated carbocycles. The van der Waals surface area contributed by atoms with E-state index in [1.54, 1.807) is 17.7 Å². The van der Waals surface area contributed by atoms with Crippen molar-refractivity contribution >= 4 is 21.6 Å². The molecule has 2 heterocycles. The molecule has 0 saturated heterocycles. The molecule has 2 aromatic carbocycles. The van der Waals surface area contributed by atoms with Crippen LogP contribution in [-0.4, -0.2) is 22.1 Å². The summed E-state index contributed by atoms with van der Waals surface area (Å²) in [6, 6.07) is 19.8. The summed E-state index contributed by atoms with van der Waals surface area (Å²) < 4.78 is 1.90. The Kier molecular flexibility index (Phi) is 5.16. The molecule has 2 aromatic heterocycles. The second-order valence-corrected chi connectivity index (χ2v) is 10.2. The average Bonchev–Trinajstić information content (AvgIpc) is 3.41. The van der Waals surface area contributed by atoms with Crippen LogP contribution in [0.2, 0.25) is 0 Å². The van der Waals surface area contributed by atoms with E-state index in [1.165, 1.54) is 27.1 Å². The van der Waals surface area contributed by atoms with Crippen molar-refractivity contribution < 1.29 is 0 Å². The van der Waals surface area contributed by atoms with E-state index in [4.69, 9.17) is 4.98 Å². The van der Waals surface area contributed by atoms with Crippen molar-refractivity contribution in [2.75, 3.05) is 6.54 Å². The lowest BCUT2D eigenvalue weighted by Crippen LogP contribution is -2.35. The molecule has 0 spiro atoms. The highest BCUT2D eigenvalue weighted by Gasteiger charge is 2.28. The van der Waals surface area contributed by atoms with Crippen molar-refractivity contribution in [3.8, 4) is 0 Å². The number of aromatic nitrogens is 2. The summed E-state index contributed by atoms with van der Waals surface area (Å²) in [6.07, 6.45) is 7.72. The van der Waals surface area contributed by atoms with Crippen molar-refractivity contribution in [3.05, 3.63) is 98.4 Å². The Bertz CT molecular complexity index is 1300. The summed E-state index contributed by atoms with van der Waals surface area (Å²) in [7, 11) is 0. The Morgan fingerprint density at radius 2 is 1.75 bits per heavy atom. The molecular formula is C27H27N3OS. The largest absolute Gasteiger partial charge is 0.313 e. The van der Waals surface area contributed by atoms with Crippen molar-refractivity contribution in [1.29, 1.82) is 0 Å². The van der Waals surface area contributed by atoms with Crippen molar-refractivity contribution in [2.45, 2.75) is 50.6 Å². The molecule has 1 N–H and O–H groups in total. The van der Waals surface area contributed by atoms with Crippen LogP contribution in [0.5, 0.6) is 0 Å². The minimum Gasteiger partial charge on any atom is -0.313 e. The molecule has 1 atom stereocenters. The molecule has 0 amide bonds. The van der Waals surface area contributed by atoms with Crippen LogP contribution in [-0.2, 0) is 32.1 Å². The molecule has 4 aromatic rings. The standard InChI is InChI=1S/C27H27N3OS/c31-27-25-23-11-10-21(28-13-12-18-6-2-1-3-7-18)16-24(23)32-26(25)29-17-30(27)22-14-19-8-4-5-9-20(19)15-22/h1-9,17,21-22,28H,10-16H2. The van der Waals surface area contributed by atoms with E-state index in [9.17, 15) is 4.79 Å². The monoisotopic (exact) mass is 441 g/mol. The second-order valence-electron chi connectivity index (χ2n) is 9.10. The van der Waals surface area contributed by atoms with E-state index < -0.39 is 0 Å². The molecule has 0 fully saturated rings. The van der Waals surface area contributed by atoms with Crippen LogP contribution in [0.25, 0.3) is 10.2 Å². The molecule has 2 aliphatic rings. The highest BCUT2D eigenvalue weighted by Crippen LogP contribution is 2.35. The van der Waals surface area contributed by atoms with Crippen molar-refractivity contribution in [1.82, 2.24) is 14.9 Å². The van der Waals surface area contributed by atoms with Gasteiger partial charge in [0.2, 0.25) is 0 Å². The summed E-state index contributed by atoms with van der Waals surface area (Å²) >= 11 is 1.72. The molecule has 4 nitrogen and oxygen atoms in total. The van der Waals surface area contributed by atoms with E-state index in [0.29, 0.717) is 6.04 Å². The number of nitrogens with zero attached hydrogens (tertiary/aromatic N) is 2. The Morgan fingerprint density at radius 1 is 1.00 bits per heavy atom. The van der Waals surface area contributed by atoms with E-state index in [-0.39, 0.29) is 11.6 Å². The van der Waals surface area contributed by atoms with Gasteiger partial charge in [-0.1, -0.05) is 54.6 Å². The maximum atomic E-state index is 13.5. The molecular weight excluding hydrogens is 414 g/mol. The molecule has 2 aliphatic carbocycles. The van der Waals surface area contributed by atoms with Gasteiger partial charge in [0.15, 0.2) is 0 Å². The topological polar surface area (TPSA) is 46.9 Å². The van der Waals surface area contributed by atoms with E-state index in [0.717, 1.165) is 55.3 Å². The smallest absolute Gasteiger partial charge is 0.262 e. The zero-order chi connectivity index (χ0) is 21.5. The Balaban J connectivity index is 1.20. The van der Waals surface area contributed by atoms with Gasteiger partial charge < -0.3 is 5.32 Å². The minimum atomic E-state index is 0.154. The maximum Gasteiger partial charge on any atom is 0.262 e. The number of thiophene rings is 1. The number of fused-ring (bicyclic) bond motifs is 4. The molecule has 6 rings (SSSR count). The highest BCUT2D eigenvalue weighted by atomic mass is 32.1. The normalized spacial score (nSPS) is 18.1. The maximum absolute atomic E-state index is 13.5. The van der Waals surface area contributed by atoms with Crippen molar-refractivity contribution in [2.24, 2.45) is 0 Å². The first kappa shape index (κ1) is 19.9. The van der Waals surface area contributed by atoms with E-state index in [1.807, 2.05) is 4.57 Å². The lowest BCUT2D eigenvalue weighted by Gasteiger charge is -2.23. The zero-order valence-corrected chi connectivity index (χ0v) is 18.9. The SMILES string of the molecule is O=c1c2c3c(sc2ncn1C1Cc2ccccc2C1)CC(NCCc1ccccc1)CC3. The van der Waals surface area contributed by atoms with Crippen LogP contribution in [0.1, 0.15) is 39.6 Å². The predicted octanol–water partition coefficient (Wildman–Crippen LogP) is 4.49. The van der Waals surface area contributed by atoms with Gasteiger partial charge in [-0.05, 0) is 67.3 Å². The summed E-state index contributed by atoms with van der Waals surface area (Å²) in [5, 5.41) is 4.62. The fourth-order valence-electron chi connectivity index (χ4n) is 5.41. The van der Waals surface area contributed by atoms with Crippen LogP contribution in [0, 0.1) is 0 Å². The number of nitrogens with one attached hydrogen (secondary N) is 1. The summed E-state index contributed by atoms with van der Waals surface area (Å²) in [6.45, 7) is 0.988. The van der Waals surface area contributed by atoms with Gasteiger partial charge in [-0.25, -0.2) is 4.98 Å². The Hall–Kier alpha value is -2.76. The Labute approximate surface area is 192 Å². The quantitative estimate of drug-likeness (QED) is 0.496. The van der Waals surface area contributed by atoms with E-state index in [2.05, 4.69) is 59.9 Å². The predicted molar refractivity (Wildman–Crippen MR) is 131 cm³/mol. The zero-order valence-electron chi connectivity index (χ0n) is 18.1. The highest BCUT2D eigenvalue weighted by molar-refractivity contribution is 7.18. The van der Waals surface area contributed by atoms with Crippen LogP contribution < -0.4 is 10.9 Å². The molecule has 162 valence electrons. The number of aryl methyl sites for hydroxylation is 1. The van der Waals surface area contributed by atoms with Gasteiger partial charge in [-0.2, -0.15) is 0 Å². The van der Waals surface area contributed by atoms with Gasteiger partial charge in [-0.3, -0.25) is 9.36 Å². The lowest BCUT2D eigenvalue weighted by molar-refractivity contribution is 0.466. The number of benzene rings is 2. The van der Waals surface area contributed by atoms with E-state index >= 15 is 0 Å². The van der Waals surface area contributed by atoms with Crippen LogP contribution in [0.4, 0.5) is 0 Å². The third-order valence-corrected chi connectivity index (χ3v) is 8.27. The summed E-state index contributed by atoms with van der Waals surface area (Å²) in [4.78, 5) is 20.5. The Morgan fingerprint density at radius 3 is 2.53 bits per heavy atom. The summed E-state index contributed by atoms with van der Waals surface area (Å²) in [5.74, 6) is 0. The fourth-order valence-corrected chi connectivity index (χ4v) is 6.67. The first-order chi connectivity index (χ1) is 15.8. The van der Waals surface area contributed by atoms with Crippen LogP contribution in [0.3, 0.4) is 0 Å². The summed E-state index contributed by atoms with van der Waals surface area (Å²) in [5.41, 5.74) is 5.51. The lowest BCUT2D eigenvalue weighted by atomic mass is 9.93. The van der Waals surface area contributed by atoms with Gasteiger partial charge in [0.25, 0.3) is 5.56 Å². The first-order valence-electron chi connectivity index (χ1n) is 11.6. The number of hydrogen-bond donors (Lipinski definition) is 1.